The summed E-state index contributed by atoms with van der Waals surface area (Å²) < 4.78 is 5.15. The highest BCUT2D eigenvalue weighted by Gasteiger charge is 2.13. The van der Waals surface area contributed by atoms with Crippen molar-refractivity contribution in [3.8, 4) is 23.1 Å². The number of aromatic nitrogens is 2. The summed E-state index contributed by atoms with van der Waals surface area (Å²) >= 11 is 0. The molecule has 1 N–H and O–H groups in total. The molecule has 0 amide bonds. The fourth-order valence-electron chi connectivity index (χ4n) is 2.21. The third kappa shape index (κ3) is 3.11. The third-order valence-corrected chi connectivity index (χ3v) is 3.36. The van der Waals surface area contributed by atoms with E-state index in [1.807, 2.05) is 54.6 Å². The molecule has 0 radical (unpaired) electrons. The van der Waals surface area contributed by atoms with Gasteiger partial charge in [-0.2, -0.15) is 5.26 Å². The highest BCUT2D eigenvalue weighted by Crippen LogP contribution is 2.28. The summed E-state index contributed by atoms with van der Waals surface area (Å²) in [5.41, 5.74) is 2.69. The number of benzene rings is 2. The first-order valence-corrected chi connectivity index (χ1v) is 7.03. The van der Waals surface area contributed by atoms with Crippen LogP contribution in [0.5, 0.6) is 5.75 Å². The molecule has 23 heavy (non-hydrogen) atoms. The fourth-order valence-corrected chi connectivity index (χ4v) is 2.21. The lowest BCUT2D eigenvalue weighted by Gasteiger charge is -2.10. The summed E-state index contributed by atoms with van der Waals surface area (Å²) in [5, 5.41) is 12.7. The molecule has 1 heterocycles. The molecule has 0 atom stereocenters. The molecule has 0 saturated carbocycles. The van der Waals surface area contributed by atoms with Crippen LogP contribution < -0.4 is 10.1 Å². The SMILES string of the molecule is COc1ccc(-c2ncnc(Nc3ccccc3)c2C#N)cc1. The van der Waals surface area contributed by atoms with Crippen LogP contribution in [0.15, 0.2) is 60.9 Å². The molecule has 0 aliphatic rings. The zero-order valence-electron chi connectivity index (χ0n) is 12.5. The molecular weight excluding hydrogens is 288 g/mol. The zero-order valence-corrected chi connectivity index (χ0v) is 12.5. The van der Waals surface area contributed by atoms with Crippen LogP contribution >= 0.6 is 0 Å². The Balaban J connectivity index is 2.01. The summed E-state index contributed by atoms with van der Waals surface area (Å²) in [6, 6.07) is 19.2. The molecule has 1 aromatic heterocycles. The lowest BCUT2D eigenvalue weighted by Crippen LogP contribution is -2.00. The minimum absolute atomic E-state index is 0.404. The van der Waals surface area contributed by atoms with E-state index in [4.69, 9.17) is 4.74 Å². The largest absolute Gasteiger partial charge is 0.497 e. The Morgan fingerprint density at radius 2 is 1.74 bits per heavy atom. The fraction of sp³-hybridized carbons (Fsp3) is 0.0556. The van der Waals surface area contributed by atoms with Crippen LogP contribution in [0.25, 0.3) is 11.3 Å². The van der Waals surface area contributed by atoms with Gasteiger partial charge in [-0.3, -0.25) is 0 Å². The molecule has 112 valence electrons. The molecule has 0 bridgehead atoms. The zero-order chi connectivity index (χ0) is 16.1. The summed E-state index contributed by atoms with van der Waals surface area (Å²) in [6.07, 6.45) is 1.45. The van der Waals surface area contributed by atoms with Crippen LogP contribution in [0, 0.1) is 11.3 Å². The number of para-hydroxylation sites is 1. The van der Waals surface area contributed by atoms with E-state index in [0.717, 1.165) is 17.0 Å². The van der Waals surface area contributed by atoms with E-state index in [1.54, 1.807) is 7.11 Å². The summed E-state index contributed by atoms with van der Waals surface area (Å²) in [6.45, 7) is 0. The van der Waals surface area contributed by atoms with Gasteiger partial charge in [0.05, 0.1) is 12.8 Å². The minimum Gasteiger partial charge on any atom is -0.497 e. The first kappa shape index (κ1) is 14.5. The second kappa shape index (κ2) is 6.58. The lowest BCUT2D eigenvalue weighted by molar-refractivity contribution is 0.415. The Kier molecular flexibility index (Phi) is 4.16. The van der Waals surface area contributed by atoms with Crippen LogP contribution in [0.4, 0.5) is 11.5 Å². The predicted molar refractivity (Wildman–Crippen MR) is 88.5 cm³/mol. The molecule has 0 saturated heterocycles. The van der Waals surface area contributed by atoms with Gasteiger partial charge in [-0.05, 0) is 36.4 Å². The van der Waals surface area contributed by atoms with Crippen LogP contribution in [0.3, 0.4) is 0 Å². The number of nitriles is 1. The number of rotatable bonds is 4. The molecule has 0 unspecified atom stereocenters. The van der Waals surface area contributed by atoms with Crippen molar-refractivity contribution in [1.82, 2.24) is 9.97 Å². The van der Waals surface area contributed by atoms with E-state index >= 15 is 0 Å². The van der Waals surface area contributed by atoms with Crippen molar-refractivity contribution in [3.63, 3.8) is 0 Å². The maximum absolute atomic E-state index is 9.54. The van der Waals surface area contributed by atoms with E-state index in [9.17, 15) is 5.26 Å². The van der Waals surface area contributed by atoms with Gasteiger partial charge in [0.2, 0.25) is 0 Å². The van der Waals surface area contributed by atoms with Gasteiger partial charge in [0.15, 0.2) is 5.82 Å². The van der Waals surface area contributed by atoms with E-state index in [-0.39, 0.29) is 0 Å². The molecule has 0 fully saturated rings. The van der Waals surface area contributed by atoms with Gasteiger partial charge in [0, 0.05) is 11.3 Å². The normalized spacial score (nSPS) is 9.91. The number of hydrogen-bond acceptors (Lipinski definition) is 5. The smallest absolute Gasteiger partial charge is 0.152 e. The maximum atomic E-state index is 9.54. The molecule has 0 aliphatic heterocycles. The van der Waals surface area contributed by atoms with E-state index in [1.165, 1.54) is 6.33 Å². The van der Waals surface area contributed by atoms with Crippen molar-refractivity contribution in [2.75, 3.05) is 12.4 Å². The van der Waals surface area contributed by atoms with Crippen molar-refractivity contribution < 1.29 is 4.74 Å². The minimum atomic E-state index is 0.404. The highest BCUT2D eigenvalue weighted by molar-refractivity contribution is 5.75. The molecule has 2 aromatic carbocycles. The predicted octanol–water partition coefficient (Wildman–Crippen LogP) is 3.77. The molecule has 5 nitrogen and oxygen atoms in total. The molecule has 0 spiro atoms. The topological polar surface area (TPSA) is 70.8 Å². The lowest BCUT2D eigenvalue weighted by atomic mass is 10.1. The van der Waals surface area contributed by atoms with E-state index in [0.29, 0.717) is 17.1 Å². The Morgan fingerprint density at radius 1 is 1.00 bits per heavy atom. The van der Waals surface area contributed by atoms with Crippen LogP contribution in [-0.4, -0.2) is 17.1 Å². The third-order valence-electron chi connectivity index (χ3n) is 3.36. The first-order valence-electron chi connectivity index (χ1n) is 7.03. The van der Waals surface area contributed by atoms with Gasteiger partial charge in [0.25, 0.3) is 0 Å². The van der Waals surface area contributed by atoms with Gasteiger partial charge in [-0.25, -0.2) is 9.97 Å². The highest BCUT2D eigenvalue weighted by atomic mass is 16.5. The number of nitrogens with zero attached hydrogens (tertiary/aromatic N) is 3. The maximum Gasteiger partial charge on any atom is 0.152 e. The Morgan fingerprint density at radius 3 is 2.39 bits per heavy atom. The van der Waals surface area contributed by atoms with Gasteiger partial charge in [-0.1, -0.05) is 18.2 Å². The average Bonchev–Trinajstić information content (AvgIpc) is 2.62. The number of anilines is 2. The average molecular weight is 302 g/mol. The van der Waals surface area contributed by atoms with Crippen LogP contribution in [0.1, 0.15) is 5.56 Å². The number of methoxy groups -OCH3 is 1. The molecule has 3 rings (SSSR count). The molecular formula is C18H14N4O. The number of nitrogens with one attached hydrogen (secondary N) is 1. The van der Waals surface area contributed by atoms with Gasteiger partial charge >= 0.3 is 0 Å². The summed E-state index contributed by atoms with van der Waals surface area (Å²) in [5.74, 6) is 1.24. The quantitative estimate of drug-likeness (QED) is 0.794. The molecule has 3 aromatic rings. The van der Waals surface area contributed by atoms with Crippen molar-refractivity contribution in [2.45, 2.75) is 0 Å². The van der Waals surface area contributed by atoms with Gasteiger partial charge < -0.3 is 10.1 Å². The number of hydrogen-bond donors (Lipinski definition) is 1. The summed E-state index contributed by atoms with van der Waals surface area (Å²) in [7, 11) is 1.61. The Hall–Kier alpha value is -3.39. The van der Waals surface area contributed by atoms with Crippen molar-refractivity contribution in [3.05, 3.63) is 66.5 Å². The van der Waals surface area contributed by atoms with E-state index in [2.05, 4.69) is 21.4 Å². The standard InChI is InChI=1S/C18H14N4O/c1-23-15-9-7-13(8-10-15)17-16(11-19)18(21-12-20-17)22-14-5-3-2-4-6-14/h2-10,12H,1H3,(H,20,21,22). The summed E-state index contributed by atoms with van der Waals surface area (Å²) in [4.78, 5) is 8.46. The Bertz CT molecular complexity index is 839. The van der Waals surface area contributed by atoms with Crippen molar-refractivity contribution in [1.29, 1.82) is 5.26 Å². The Labute approximate surface area is 134 Å². The second-order valence-electron chi connectivity index (χ2n) is 4.78. The molecule has 0 aliphatic carbocycles. The molecule has 5 heteroatoms. The van der Waals surface area contributed by atoms with Crippen molar-refractivity contribution in [2.24, 2.45) is 0 Å². The van der Waals surface area contributed by atoms with Gasteiger partial charge in [-0.15, -0.1) is 0 Å². The monoisotopic (exact) mass is 302 g/mol. The first-order chi connectivity index (χ1) is 11.3. The number of ether oxygens (including phenoxy) is 1. The van der Waals surface area contributed by atoms with Crippen LogP contribution in [0.2, 0.25) is 0 Å². The van der Waals surface area contributed by atoms with Gasteiger partial charge in [0.1, 0.15) is 23.7 Å². The van der Waals surface area contributed by atoms with Crippen LogP contribution in [-0.2, 0) is 0 Å². The van der Waals surface area contributed by atoms with E-state index < -0.39 is 0 Å². The van der Waals surface area contributed by atoms with Crippen molar-refractivity contribution >= 4 is 11.5 Å². The second-order valence-corrected chi connectivity index (χ2v) is 4.78.